The minimum atomic E-state index is 0.973. The summed E-state index contributed by atoms with van der Waals surface area (Å²) >= 11 is 7.15. The fourth-order valence-corrected chi connectivity index (χ4v) is 3.36. The lowest BCUT2D eigenvalue weighted by atomic mass is 9.97. The molecule has 0 fully saturated rings. The molecular weight excluding hydrogens is 316 g/mol. The van der Waals surface area contributed by atoms with Gasteiger partial charge in [0.25, 0.3) is 0 Å². The van der Waals surface area contributed by atoms with Gasteiger partial charge in [-0.15, -0.1) is 0 Å². The topological polar surface area (TPSA) is 0 Å². The van der Waals surface area contributed by atoms with Crippen molar-refractivity contribution in [3.8, 4) is 0 Å². The monoisotopic (exact) mass is 330 g/mol. The van der Waals surface area contributed by atoms with E-state index >= 15 is 0 Å². The average Bonchev–Trinajstić information content (AvgIpc) is 2.51. The molecule has 15 heavy (non-hydrogen) atoms. The second kappa shape index (κ2) is 5.49. The molecule has 0 nitrogen and oxygen atoms in total. The number of rotatable bonds is 2. The highest BCUT2D eigenvalue weighted by Gasteiger charge is 2.11. The van der Waals surface area contributed by atoms with Crippen LogP contribution >= 0.6 is 31.9 Å². The van der Waals surface area contributed by atoms with Crippen molar-refractivity contribution in [2.75, 3.05) is 0 Å². The number of hydrogen-bond acceptors (Lipinski definition) is 0. The summed E-state index contributed by atoms with van der Waals surface area (Å²) in [4.78, 5) is 0. The van der Waals surface area contributed by atoms with Crippen LogP contribution < -0.4 is 0 Å². The van der Waals surface area contributed by atoms with E-state index in [1.165, 1.54) is 43.2 Å². The Morgan fingerprint density at radius 2 is 1.27 bits per heavy atom. The van der Waals surface area contributed by atoms with Gasteiger partial charge < -0.3 is 0 Å². The van der Waals surface area contributed by atoms with Crippen LogP contribution in [-0.2, 0) is 23.5 Å². The Morgan fingerprint density at radius 1 is 0.800 bits per heavy atom. The molecule has 1 aliphatic rings. The Hall–Kier alpha value is 0.180. The van der Waals surface area contributed by atoms with Crippen LogP contribution in [0.25, 0.3) is 0 Å². The minimum Gasteiger partial charge on any atom is -0.0876 e. The maximum Gasteiger partial charge on any atom is 0.0286 e. The standard InChI is InChI=1S/C13H16Br2/c14-8-12-6-10-4-2-1-3-5-11(10)7-13(12)9-15/h6-7H,1-5,8-9H2. The van der Waals surface area contributed by atoms with Gasteiger partial charge in [0, 0.05) is 10.7 Å². The van der Waals surface area contributed by atoms with Crippen LogP contribution in [0.3, 0.4) is 0 Å². The Balaban J connectivity index is 2.41. The van der Waals surface area contributed by atoms with E-state index in [9.17, 15) is 0 Å². The molecule has 0 atom stereocenters. The number of hydrogen-bond donors (Lipinski definition) is 0. The summed E-state index contributed by atoms with van der Waals surface area (Å²) in [6.45, 7) is 0. The molecule has 0 saturated carbocycles. The summed E-state index contributed by atoms with van der Waals surface area (Å²) in [5, 5.41) is 1.95. The summed E-state index contributed by atoms with van der Waals surface area (Å²) in [5.41, 5.74) is 6.08. The first-order valence-electron chi connectivity index (χ1n) is 5.60. The van der Waals surface area contributed by atoms with Gasteiger partial charge >= 0.3 is 0 Å². The second-order valence-corrected chi connectivity index (χ2v) is 5.34. The molecular formula is C13H16Br2. The maximum absolute atomic E-state index is 3.58. The first-order valence-corrected chi connectivity index (χ1v) is 7.85. The molecule has 1 aromatic rings. The van der Waals surface area contributed by atoms with Crippen molar-refractivity contribution >= 4 is 31.9 Å². The van der Waals surface area contributed by atoms with Gasteiger partial charge in [0.15, 0.2) is 0 Å². The van der Waals surface area contributed by atoms with Crippen LogP contribution in [0.1, 0.15) is 41.5 Å². The summed E-state index contributed by atoms with van der Waals surface area (Å²) in [7, 11) is 0. The highest BCUT2D eigenvalue weighted by atomic mass is 79.9. The van der Waals surface area contributed by atoms with Gasteiger partial charge in [-0.25, -0.2) is 0 Å². The third kappa shape index (κ3) is 2.65. The predicted molar refractivity (Wildman–Crippen MR) is 73.0 cm³/mol. The third-order valence-electron chi connectivity index (χ3n) is 3.20. The quantitative estimate of drug-likeness (QED) is 0.542. The molecule has 0 amide bonds. The van der Waals surface area contributed by atoms with Crippen LogP contribution in [0.2, 0.25) is 0 Å². The van der Waals surface area contributed by atoms with E-state index in [0.717, 1.165) is 10.7 Å². The van der Waals surface area contributed by atoms with Crippen molar-refractivity contribution in [2.24, 2.45) is 0 Å². The highest BCUT2D eigenvalue weighted by Crippen LogP contribution is 2.26. The smallest absolute Gasteiger partial charge is 0.0286 e. The van der Waals surface area contributed by atoms with Crippen molar-refractivity contribution < 1.29 is 0 Å². The van der Waals surface area contributed by atoms with Gasteiger partial charge in [-0.1, -0.05) is 50.4 Å². The molecule has 1 aliphatic carbocycles. The lowest BCUT2D eigenvalue weighted by Gasteiger charge is -2.12. The van der Waals surface area contributed by atoms with E-state index in [4.69, 9.17) is 0 Å². The minimum absolute atomic E-state index is 0.973. The largest absolute Gasteiger partial charge is 0.0876 e. The lowest BCUT2D eigenvalue weighted by Crippen LogP contribution is -1.97. The molecule has 0 aliphatic heterocycles. The Kier molecular flexibility index (Phi) is 4.27. The van der Waals surface area contributed by atoms with E-state index in [-0.39, 0.29) is 0 Å². The van der Waals surface area contributed by atoms with Crippen LogP contribution in [0.15, 0.2) is 12.1 Å². The number of alkyl halides is 2. The van der Waals surface area contributed by atoms with E-state index < -0.39 is 0 Å². The van der Waals surface area contributed by atoms with E-state index in [1.54, 1.807) is 11.1 Å². The fraction of sp³-hybridized carbons (Fsp3) is 0.538. The molecule has 0 saturated heterocycles. The first kappa shape index (κ1) is 11.7. The molecule has 0 spiro atoms. The number of benzene rings is 1. The molecule has 1 aromatic carbocycles. The van der Waals surface area contributed by atoms with E-state index in [0.29, 0.717) is 0 Å². The average molecular weight is 332 g/mol. The van der Waals surface area contributed by atoms with Crippen molar-refractivity contribution in [1.29, 1.82) is 0 Å². The van der Waals surface area contributed by atoms with Crippen LogP contribution in [0.5, 0.6) is 0 Å². The Labute approximate surface area is 109 Å². The van der Waals surface area contributed by atoms with Gasteiger partial charge in [0.1, 0.15) is 0 Å². The van der Waals surface area contributed by atoms with Crippen LogP contribution in [0.4, 0.5) is 0 Å². The molecule has 2 heteroatoms. The normalized spacial score (nSPS) is 15.9. The van der Waals surface area contributed by atoms with Crippen molar-refractivity contribution in [3.05, 3.63) is 34.4 Å². The summed E-state index contributed by atoms with van der Waals surface area (Å²) in [5.74, 6) is 0. The van der Waals surface area contributed by atoms with Crippen molar-refractivity contribution in [1.82, 2.24) is 0 Å². The van der Waals surface area contributed by atoms with Crippen LogP contribution in [0, 0.1) is 0 Å². The summed E-state index contributed by atoms with van der Waals surface area (Å²) in [6, 6.07) is 4.82. The first-order chi connectivity index (χ1) is 7.35. The van der Waals surface area contributed by atoms with Crippen molar-refractivity contribution in [3.63, 3.8) is 0 Å². The summed E-state index contributed by atoms with van der Waals surface area (Å²) < 4.78 is 0. The van der Waals surface area contributed by atoms with Gasteiger partial charge in [0.05, 0.1) is 0 Å². The highest BCUT2D eigenvalue weighted by molar-refractivity contribution is 9.09. The number of aryl methyl sites for hydroxylation is 2. The Morgan fingerprint density at radius 3 is 1.67 bits per heavy atom. The molecule has 82 valence electrons. The second-order valence-electron chi connectivity index (χ2n) is 4.22. The predicted octanol–water partition coefficient (Wildman–Crippen LogP) is 4.75. The van der Waals surface area contributed by atoms with Gasteiger partial charge in [-0.05, 0) is 47.9 Å². The zero-order valence-corrected chi connectivity index (χ0v) is 12.0. The fourth-order valence-electron chi connectivity index (χ4n) is 2.31. The molecule has 0 unspecified atom stereocenters. The molecule has 0 heterocycles. The SMILES string of the molecule is BrCc1cc2c(cc1CBr)CCCCC2. The molecule has 0 aromatic heterocycles. The zero-order chi connectivity index (χ0) is 10.7. The van der Waals surface area contributed by atoms with Crippen LogP contribution in [-0.4, -0.2) is 0 Å². The maximum atomic E-state index is 3.58. The van der Waals surface area contributed by atoms with Gasteiger partial charge in [0.2, 0.25) is 0 Å². The molecule has 0 bridgehead atoms. The number of halogens is 2. The zero-order valence-electron chi connectivity index (χ0n) is 8.86. The lowest BCUT2D eigenvalue weighted by molar-refractivity contribution is 0.711. The van der Waals surface area contributed by atoms with Gasteiger partial charge in [-0.2, -0.15) is 0 Å². The molecule has 2 rings (SSSR count). The van der Waals surface area contributed by atoms with E-state index in [1.807, 2.05) is 0 Å². The number of fused-ring (bicyclic) bond motifs is 1. The molecule has 0 radical (unpaired) electrons. The summed E-state index contributed by atoms with van der Waals surface area (Å²) in [6.07, 6.45) is 6.67. The molecule has 0 N–H and O–H groups in total. The van der Waals surface area contributed by atoms with E-state index in [2.05, 4.69) is 44.0 Å². The van der Waals surface area contributed by atoms with Gasteiger partial charge in [-0.3, -0.25) is 0 Å². The Bertz CT molecular complexity index is 312. The van der Waals surface area contributed by atoms with Crippen molar-refractivity contribution in [2.45, 2.75) is 42.8 Å². The third-order valence-corrected chi connectivity index (χ3v) is 4.41.